The monoisotopic (exact) mass is 297 g/mol. The minimum absolute atomic E-state index is 0.149. The summed E-state index contributed by atoms with van der Waals surface area (Å²) < 4.78 is 0. The minimum Gasteiger partial charge on any atom is -0.370 e. The van der Waals surface area contributed by atoms with Crippen LogP contribution in [0.2, 0.25) is 5.02 Å². The van der Waals surface area contributed by atoms with E-state index >= 15 is 0 Å². The molecule has 1 unspecified atom stereocenters. The van der Waals surface area contributed by atoms with Crippen LogP contribution in [-0.4, -0.2) is 24.0 Å². The van der Waals surface area contributed by atoms with Crippen molar-refractivity contribution < 1.29 is 4.79 Å². The number of pyridine rings is 1. The topological polar surface area (TPSA) is 54.0 Å². The van der Waals surface area contributed by atoms with Gasteiger partial charge in [0.05, 0.1) is 5.02 Å². The van der Waals surface area contributed by atoms with Crippen molar-refractivity contribution in [1.82, 2.24) is 10.3 Å². The highest BCUT2D eigenvalue weighted by Gasteiger charge is 2.21. The van der Waals surface area contributed by atoms with Gasteiger partial charge in [0.25, 0.3) is 5.91 Å². The number of nitrogens with one attached hydrogen (secondary N) is 2. The van der Waals surface area contributed by atoms with E-state index in [-0.39, 0.29) is 17.0 Å². The Labute approximate surface area is 126 Å². The average molecular weight is 298 g/mol. The molecule has 5 heteroatoms. The lowest BCUT2D eigenvalue weighted by atomic mass is 9.82. The van der Waals surface area contributed by atoms with Gasteiger partial charge in [0, 0.05) is 13.1 Å². The molecule has 0 bridgehead atoms. The number of aromatic nitrogens is 1. The fraction of sp³-hybridized carbons (Fsp3) is 0.600. The Morgan fingerprint density at radius 1 is 1.40 bits per heavy atom. The van der Waals surface area contributed by atoms with Crippen LogP contribution in [-0.2, 0) is 0 Å². The van der Waals surface area contributed by atoms with Gasteiger partial charge in [-0.25, -0.2) is 4.98 Å². The fourth-order valence-electron chi connectivity index (χ4n) is 1.52. The maximum Gasteiger partial charge on any atom is 0.271 e. The zero-order valence-electron chi connectivity index (χ0n) is 12.9. The number of rotatable bonds is 5. The van der Waals surface area contributed by atoms with Gasteiger partial charge in [-0.05, 0) is 30.4 Å². The number of hydrogen-bond acceptors (Lipinski definition) is 3. The predicted octanol–water partition coefficient (Wildman–Crippen LogP) is 3.58. The Bertz CT molecular complexity index is 469. The number of carbonyl (C=O) groups excluding carboxylic acids is 1. The first-order chi connectivity index (χ1) is 9.25. The van der Waals surface area contributed by atoms with Gasteiger partial charge in [-0.15, -0.1) is 0 Å². The molecule has 1 aromatic heterocycles. The quantitative estimate of drug-likeness (QED) is 0.873. The Morgan fingerprint density at radius 2 is 2.05 bits per heavy atom. The highest BCUT2D eigenvalue weighted by Crippen LogP contribution is 2.24. The molecule has 1 atom stereocenters. The molecule has 0 aromatic carbocycles. The lowest BCUT2D eigenvalue weighted by Gasteiger charge is -2.27. The number of nitrogens with zero attached hydrogens (tertiary/aromatic N) is 1. The van der Waals surface area contributed by atoms with Crippen molar-refractivity contribution in [2.24, 2.45) is 11.3 Å². The number of carbonyl (C=O) groups is 1. The maximum atomic E-state index is 12.2. The van der Waals surface area contributed by atoms with Gasteiger partial charge in [-0.1, -0.05) is 39.3 Å². The summed E-state index contributed by atoms with van der Waals surface area (Å²) >= 11 is 6.05. The van der Waals surface area contributed by atoms with Crippen LogP contribution >= 0.6 is 11.6 Å². The molecule has 0 saturated heterocycles. The lowest BCUT2D eigenvalue weighted by Crippen LogP contribution is -2.34. The highest BCUT2D eigenvalue weighted by atomic mass is 35.5. The van der Waals surface area contributed by atoms with Crippen LogP contribution in [0.3, 0.4) is 0 Å². The van der Waals surface area contributed by atoms with E-state index in [2.05, 4.69) is 43.3 Å². The van der Waals surface area contributed by atoms with Gasteiger partial charge in [-0.3, -0.25) is 4.79 Å². The van der Waals surface area contributed by atoms with Gasteiger partial charge in [0.15, 0.2) is 0 Å². The van der Waals surface area contributed by atoms with Gasteiger partial charge < -0.3 is 10.6 Å². The summed E-state index contributed by atoms with van der Waals surface area (Å²) in [7, 11) is 0. The zero-order valence-corrected chi connectivity index (χ0v) is 13.6. The molecule has 0 aliphatic rings. The van der Waals surface area contributed by atoms with E-state index in [9.17, 15) is 4.79 Å². The first-order valence-corrected chi connectivity index (χ1v) is 7.32. The van der Waals surface area contributed by atoms with Gasteiger partial charge >= 0.3 is 0 Å². The molecule has 0 aliphatic heterocycles. The maximum absolute atomic E-state index is 12.2. The Kier molecular flexibility index (Phi) is 5.81. The SMILES string of the molecule is CCNc1ccc(Cl)c(C(=O)NCC(C)C(C)(C)C)n1. The summed E-state index contributed by atoms with van der Waals surface area (Å²) in [6.07, 6.45) is 0. The van der Waals surface area contributed by atoms with E-state index in [1.807, 2.05) is 6.92 Å². The summed E-state index contributed by atoms with van der Waals surface area (Å²) in [5.74, 6) is 0.791. The molecule has 1 aromatic rings. The summed E-state index contributed by atoms with van der Waals surface area (Å²) in [6, 6.07) is 3.45. The molecular formula is C15H24ClN3O. The molecule has 0 fully saturated rings. The second-order valence-corrected chi connectivity index (χ2v) is 6.44. The van der Waals surface area contributed by atoms with Crippen molar-refractivity contribution in [3.05, 3.63) is 22.8 Å². The lowest BCUT2D eigenvalue weighted by molar-refractivity contribution is 0.0932. The van der Waals surface area contributed by atoms with Crippen LogP contribution in [0, 0.1) is 11.3 Å². The van der Waals surface area contributed by atoms with Crippen molar-refractivity contribution in [1.29, 1.82) is 0 Å². The smallest absolute Gasteiger partial charge is 0.271 e. The third kappa shape index (κ3) is 4.67. The molecule has 2 N–H and O–H groups in total. The highest BCUT2D eigenvalue weighted by molar-refractivity contribution is 6.33. The number of hydrogen-bond donors (Lipinski definition) is 2. The minimum atomic E-state index is -0.231. The molecule has 0 saturated carbocycles. The van der Waals surface area contributed by atoms with Crippen LogP contribution in [0.4, 0.5) is 5.82 Å². The molecule has 1 heterocycles. The summed E-state index contributed by atoms with van der Waals surface area (Å²) in [5, 5.41) is 6.34. The van der Waals surface area contributed by atoms with E-state index in [0.29, 0.717) is 23.3 Å². The van der Waals surface area contributed by atoms with Crippen molar-refractivity contribution in [2.75, 3.05) is 18.4 Å². The molecule has 1 rings (SSSR count). The second kappa shape index (κ2) is 6.93. The fourth-order valence-corrected chi connectivity index (χ4v) is 1.71. The molecule has 20 heavy (non-hydrogen) atoms. The average Bonchev–Trinajstić information content (AvgIpc) is 2.37. The van der Waals surface area contributed by atoms with Crippen LogP contribution in [0.15, 0.2) is 12.1 Å². The van der Waals surface area contributed by atoms with E-state index in [1.165, 1.54) is 0 Å². The van der Waals surface area contributed by atoms with Gasteiger partial charge in [0.2, 0.25) is 0 Å². The van der Waals surface area contributed by atoms with Crippen LogP contribution in [0.1, 0.15) is 45.1 Å². The summed E-state index contributed by atoms with van der Waals surface area (Å²) in [5.41, 5.74) is 0.419. The van der Waals surface area contributed by atoms with Crippen LogP contribution in [0.5, 0.6) is 0 Å². The third-order valence-corrected chi connectivity index (χ3v) is 3.77. The second-order valence-electron chi connectivity index (χ2n) is 6.03. The molecular weight excluding hydrogens is 274 g/mol. The van der Waals surface area contributed by atoms with E-state index in [4.69, 9.17) is 11.6 Å². The van der Waals surface area contributed by atoms with Gasteiger partial charge in [-0.2, -0.15) is 0 Å². The zero-order chi connectivity index (χ0) is 15.3. The van der Waals surface area contributed by atoms with Crippen LogP contribution < -0.4 is 10.6 Å². The normalized spacial score (nSPS) is 12.9. The first kappa shape index (κ1) is 16.8. The van der Waals surface area contributed by atoms with E-state index in [1.54, 1.807) is 12.1 Å². The Balaban J connectivity index is 2.74. The van der Waals surface area contributed by atoms with Crippen molar-refractivity contribution in [2.45, 2.75) is 34.6 Å². The predicted molar refractivity (Wildman–Crippen MR) is 84.4 cm³/mol. The summed E-state index contributed by atoms with van der Waals surface area (Å²) in [4.78, 5) is 16.4. The molecule has 4 nitrogen and oxygen atoms in total. The Hall–Kier alpha value is -1.29. The van der Waals surface area contributed by atoms with E-state index < -0.39 is 0 Å². The number of halogens is 1. The standard InChI is InChI=1S/C15H24ClN3O/c1-6-17-12-8-7-11(16)13(19-12)14(20)18-9-10(2)15(3,4)5/h7-8,10H,6,9H2,1-5H3,(H,17,19)(H,18,20). The summed E-state index contributed by atoms with van der Waals surface area (Å²) in [6.45, 7) is 11.9. The van der Waals surface area contributed by atoms with Crippen molar-refractivity contribution in [3.63, 3.8) is 0 Å². The molecule has 0 spiro atoms. The molecule has 0 radical (unpaired) electrons. The van der Waals surface area contributed by atoms with E-state index in [0.717, 1.165) is 6.54 Å². The van der Waals surface area contributed by atoms with Crippen molar-refractivity contribution in [3.8, 4) is 0 Å². The Morgan fingerprint density at radius 3 is 2.60 bits per heavy atom. The molecule has 0 aliphatic carbocycles. The third-order valence-electron chi connectivity index (χ3n) is 3.47. The largest absolute Gasteiger partial charge is 0.370 e. The first-order valence-electron chi connectivity index (χ1n) is 6.94. The molecule has 112 valence electrons. The van der Waals surface area contributed by atoms with Crippen LogP contribution in [0.25, 0.3) is 0 Å². The van der Waals surface area contributed by atoms with Crippen molar-refractivity contribution >= 4 is 23.3 Å². The van der Waals surface area contributed by atoms with Gasteiger partial charge in [0.1, 0.15) is 11.5 Å². The number of amides is 1. The number of anilines is 1. The molecule has 1 amide bonds.